The molecule has 1 amide bonds. The highest BCUT2D eigenvalue weighted by Crippen LogP contribution is 2.39. The first-order valence-corrected chi connectivity index (χ1v) is 10.8. The van der Waals surface area contributed by atoms with Crippen molar-refractivity contribution in [1.29, 1.82) is 0 Å². The van der Waals surface area contributed by atoms with Gasteiger partial charge in [-0.3, -0.25) is 4.79 Å². The SMILES string of the molecule is C=C(OC)/C(=C\C=C(/C)C(=O)O)Nc1ncc2c(n1)N(C1CCCC1)[C@H](CC)C(=O)N2C. The van der Waals surface area contributed by atoms with Crippen LogP contribution in [0.1, 0.15) is 46.0 Å². The highest BCUT2D eigenvalue weighted by atomic mass is 16.5. The van der Waals surface area contributed by atoms with Crippen molar-refractivity contribution < 1.29 is 19.4 Å². The van der Waals surface area contributed by atoms with E-state index in [1.54, 1.807) is 24.2 Å². The van der Waals surface area contributed by atoms with Gasteiger partial charge in [-0.2, -0.15) is 4.98 Å². The number of nitrogens with one attached hydrogen (secondary N) is 1. The van der Waals surface area contributed by atoms with Crippen LogP contribution in [0.4, 0.5) is 17.5 Å². The van der Waals surface area contributed by atoms with Crippen LogP contribution in [0.5, 0.6) is 0 Å². The van der Waals surface area contributed by atoms with E-state index in [4.69, 9.17) is 14.8 Å². The summed E-state index contributed by atoms with van der Waals surface area (Å²) in [5.74, 6) is 0.392. The lowest BCUT2D eigenvalue weighted by atomic mass is 10.0. The third-order valence-electron chi connectivity index (χ3n) is 6.04. The number of carboxylic acid groups (broad SMARTS) is 1. The Hall–Kier alpha value is -3.36. The molecule has 2 heterocycles. The molecule has 172 valence electrons. The van der Waals surface area contributed by atoms with Crippen LogP contribution in [0.25, 0.3) is 0 Å². The van der Waals surface area contributed by atoms with Gasteiger partial charge in [0.05, 0.1) is 19.0 Å². The van der Waals surface area contributed by atoms with E-state index in [1.165, 1.54) is 20.1 Å². The lowest BCUT2D eigenvalue weighted by molar-refractivity contribution is -0.132. The Labute approximate surface area is 188 Å². The van der Waals surface area contributed by atoms with E-state index in [2.05, 4.69) is 21.8 Å². The Morgan fingerprint density at radius 2 is 2.06 bits per heavy atom. The summed E-state index contributed by atoms with van der Waals surface area (Å²) in [6.45, 7) is 7.37. The zero-order chi connectivity index (χ0) is 23.4. The number of carbonyl (C=O) groups excluding carboxylic acids is 1. The molecule has 1 saturated carbocycles. The summed E-state index contributed by atoms with van der Waals surface area (Å²) in [6.07, 6.45) is 9.70. The van der Waals surface area contributed by atoms with Crippen LogP contribution in [0.2, 0.25) is 0 Å². The highest BCUT2D eigenvalue weighted by Gasteiger charge is 2.41. The van der Waals surface area contributed by atoms with Crippen molar-refractivity contribution in [2.75, 3.05) is 29.3 Å². The van der Waals surface area contributed by atoms with Crippen molar-refractivity contribution in [3.63, 3.8) is 0 Å². The normalized spacial score (nSPS) is 19.8. The number of fused-ring (bicyclic) bond motifs is 1. The number of allylic oxidation sites excluding steroid dienone is 2. The third-order valence-corrected chi connectivity index (χ3v) is 6.04. The molecular formula is C23H31N5O4. The van der Waals surface area contributed by atoms with E-state index in [-0.39, 0.29) is 23.6 Å². The number of carboxylic acids is 1. The van der Waals surface area contributed by atoms with E-state index < -0.39 is 5.97 Å². The van der Waals surface area contributed by atoms with Gasteiger partial charge in [0.15, 0.2) is 5.82 Å². The Morgan fingerprint density at radius 3 is 2.66 bits per heavy atom. The van der Waals surface area contributed by atoms with Crippen LogP contribution >= 0.6 is 0 Å². The molecule has 0 saturated heterocycles. The number of anilines is 3. The minimum atomic E-state index is -1.01. The number of aliphatic carboxylic acids is 1. The van der Waals surface area contributed by atoms with Gasteiger partial charge in [0, 0.05) is 18.7 Å². The smallest absolute Gasteiger partial charge is 0.331 e. The summed E-state index contributed by atoms with van der Waals surface area (Å²) in [7, 11) is 3.23. The molecule has 2 N–H and O–H groups in total. The minimum absolute atomic E-state index is 0.0545. The molecule has 1 aromatic rings. The molecule has 0 spiro atoms. The molecule has 3 rings (SSSR count). The van der Waals surface area contributed by atoms with E-state index in [0.717, 1.165) is 31.5 Å². The molecule has 9 heteroatoms. The van der Waals surface area contributed by atoms with Gasteiger partial charge >= 0.3 is 5.97 Å². The van der Waals surface area contributed by atoms with E-state index in [0.29, 0.717) is 29.5 Å². The fourth-order valence-electron chi connectivity index (χ4n) is 4.16. The molecule has 0 unspecified atom stereocenters. The zero-order valence-electron chi connectivity index (χ0n) is 19.1. The maximum absolute atomic E-state index is 13.0. The second-order valence-corrected chi connectivity index (χ2v) is 8.06. The predicted molar refractivity (Wildman–Crippen MR) is 124 cm³/mol. The number of methoxy groups -OCH3 is 1. The average molecular weight is 442 g/mol. The van der Waals surface area contributed by atoms with Gasteiger partial charge in [-0.25, -0.2) is 9.78 Å². The minimum Gasteiger partial charge on any atom is -0.495 e. The van der Waals surface area contributed by atoms with Gasteiger partial charge < -0.3 is 25.0 Å². The fraction of sp³-hybridized carbons (Fsp3) is 0.478. The quantitative estimate of drug-likeness (QED) is 0.359. The van der Waals surface area contributed by atoms with Gasteiger partial charge in [-0.15, -0.1) is 0 Å². The van der Waals surface area contributed by atoms with Crippen LogP contribution in [0.3, 0.4) is 0 Å². The van der Waals surface area contributed by atoms with E-state index >= 15 is 0 Å². The molecule has 1 atom stereocenters. The first kappa shape index (κ1) is 23.3. The Balaban J connectivity index is 2.01. The number of hydrogen-bond acceptors (Lipinski definition) is 7. The van der Waals surface area contributed by atoms with Crippen LogP contribution in [0.15, 0.2) is 42.0 Å². The van der Waals surface area contributed by atoms with Crippen LogP contribution in [-0.4, -0.2) is 53.2 Å². The Kier molecular flexibility index (Phi) is 7.17. The van der Waals surface area contributed by atoms with Crippen molar-refractivity contribution >= 4 is 29.3 Å². The average Bonchev–Trinajstić information content (AvgIpc) is 3.32. The number of carbonyl (C=O) groups is 2. The van der Waals surface area contributed by atoms with Crippen molar-refractivity contribution in [3.05, 3.63) is 42.0 Å². The molecule has 1 aliphatic heterocycles. The monoisotopic (exact) mass is 441 g/mol. The van der Waals surface area contributed by atoms with Crippen LogP contribution < -0.4 is 15.1 Å². The van der Waals surface area contributed by atoms with Crippen LogP contribution in [-0.2, 0) is 14.3 Å². The molecule has 9 nitrogen and oxygen atoms in total. The summed E-state index contributed by atoms with van der Waals surface area (Å²) >= 11 is 0. The number of amides is 1. The zero-order valence-corrected chi connectivity index (χ0v) is 19.1. The summed E-state index contributed by atoms with van der Waals surface area (Å²) in [5.41, 5.74) is 1.28. The predicted octanol–water partition coefficient (Wildman–Crippen LogP) is 3.47. The maximum atomic E-state index is 13.0. The van der Waals surface area contributed by atoms with Crippen molar-refractivity contribution in [2.24, 2.45) is 0 Å². The first-order valence-electron chi connectivity index (χ1n) is 10.8. The number of hydrogen-bond donors (Lipinski definition) is 2. The van der Waals surface area contributed by atoms with Gasteiger partial charge in [0.1, 0.15) is 17.5 Å². The van der Waals surface area contributed by atoms with E-state index in [9.17, 15) is 9.59 Å². The molecule has 2 aliphatic rings. The second kappa shape index (κ2) is 9.84. The van der Waals surface area contributed by atoms with Crippen LogP contribution in [0, 0.1) is 0 Å². The van der Waals surface area contributed by atoms with E-state index in [1.807, 2.05) is 6.92 Å². The Bertz CT molecular complexity index is 965. The summed E-state index contributed by atoms with van der Waals surface area (Å²) < 4.78 is 5.24. The fourth-order valence-corrected chi connectivity index (χ4v) is 4.16. The molecule has 0 radical (unpaired) electrons. The Morgan fingerprint density at radius 1 is 1.38 bits per heavy atom. The molecule has 32 heavy (non-hydrogen) atoms. The molecule has 0 aromatic carbocycles. The summed E-state index contributed by atoms with van der Waals surface area (Å²) in [5, 5.41) is 12.2. The number of rotatable bonds is 8. The molecule has 1 fully saturated rings. The van der Waals surface area contributed by atoms with Gasteiger partial charge in [0.2, 0.25) is 11.9 Å². The van der Waals surface area contributed by atoms with Gasteiger partial charge in [-0.1, -0.05) is 26.3 Å². The number of nitrogens with zero attached hydrogens (tertiary/aromatic N) is 4. The maximum Gasteiger partial charge on any atom is 0.331 e. The molecular weight excluding hydrogens is 410 g/mol. The van der Waals surface area contributed by atoms with Crippen molar-refractivity contribution in [1.82, 2.24) is 9.97 Å². The molecule has 1 aromatic heterocycles. The lowest BCUT2D eigenvalue weighted by Crippen LogP contribution is -2.55. The topological polar surface area (TPSA) is 108 Å². The standard InChI is InChI=1S/C23H31N5O4/c1-6-18-21(29)27(4)19-13-24-23(26-20(19)28(18)16-9-7-8-10-16)25-17(15(3)32-5)12-11-14(2)22(30)31/h11-13,16,18H,3,6-10H2,1-2,4-5H3,(H,30,31)(H,24,25,26)/b14-11+,17-12+/t18-/m1/s1. The largest absolute Gasteiger partial charge is 0.495 e. The van der Waals surface area contributed by atoms with Crippen molar-refractivity contribution in [2.45, 2.75) is 58.0 Å². The number of likely N-dealkylation sites (N-methyl/N-ethyl adjacent to an activating group) is 1. The molecule has 0 bridgehead atoms. The highest BCUT2D eigenvalue weighted by molar-refractivity contribution is 6.04. The second-order valence-electron chi connectivity index (χ2n) is 8.06. The summed E-state index contributed by atoms with van der Waals surface area (Å²) in [4.78, 5) is 37.1. The molecule has 1 aliphatic carbocycles. The van der Waals surface area contributed by atoms with Crippen molar-refractivity contribution in [3.8, 4) is 0 Å². The lowest BCUT2D eigenvalue weighted by Gasteiger charge is -2.43. The number of ether oxygens (including phenoxy) is 1. The van der Waals surface area contributed by atoms with Gasteiger partial charge in [-0.05, 0) is 38.3 Å². The third kappa shape index (κ3) is 4.61. The number of aromatic nitrogens is 2. The first-order chi connectivity index (χ1) is 15.3. The summed E-state index contributed by atoms with van der Waals surface area (Å²) in [6, 6.07) is 0.00709. The van der Waals surface area contributed by atoms with Gasteiger partial charge in [0.25, 0.3) is 0 Å².